The molecule has 2 aliphatic rings. The molecule has 1 aromatic heterocycles. The molecule has 2 aliphatic heterocycles. The number of benzene rings is 1. The van der Waals surface area contributed by atoms with E-state index in [0.29, 0.717) is 13.0 Å². The van der Waals surface area contributed by atoms with Gasteiger partial charge in [0.1, 0.15) is 0 Å². The number of fused-ring (bicyclic) bond motifs is 1. The first kappa shape index (κ1) is 24.6. The maximum absolute atomic E-state index is 11.8. The van der Waals surface area contributed by atoms with Gasteiger partial charge in [-0.1, -0.05) is 39.0 Å². The number of amides is 1. The lowest BCUT2D eigenvalue weighted by atomic mass is 9.92. The molecule has 4 rings (SSSR count). The molecule has 0 aliphatic carbocycles. The Balaban J connectivity index is 1.54. The first-order valence-corrected chi connectivity index (χ1v) is 15.9. The second-order valence-corrected chi connectivity index (χ2v) is 16.8. The van der Waals surface area contributed by atoms with Crippen molar-refractivity contribution in [3.63, 3.8) is 0 Å². The molecule has 3 atom stereocenters. The molecule has 7 heteroatoms. The molecule has 180 valence electrons. The van der Waals surface area contributed by atoms with Gasteiger partial charge in [-0.3, -0.25) is 9.69 Å². The molecule has 0 radical (unpaired) electrons. The summed E-state index contributed by atoms with van der Waals surface area (Å²) < 4.78 is 6.97. The van der Waals surface area contributed by atoms with E-state index in [2.05, 4.69) is 73.7 Å². The van der Waals surface area contributed by atoms with Gasteiger partial charge < -0.3 is 14.8 Å². The van der Waals surface area contributed by atoms with Crippen molar-refractivity contribution in [2.75, 3.05) is 25.0 Å². The molecule has 5 nitrogen and oxygen atoms in total. The van der Waals surface area contributed by atoms with Crippen LogP contribution >= 0.6 is 11.3 Å². The minimum absolute atomic E-state index is 0.0562. The summed E-state index contributed by atoms with van der Waals surface area (Å²) in [7, 11) is -2.01. The van der Waals surface area contributed by atoms with Crippen LogP contribution in [0, 0.1) is 0 Å². The van der Waals surface area contributed by atoms with Crippen molar-refractivity contribution in [3.8, 4) is 0 Å². The summed E-state index contributed by atoms with van der Waals surface area (Å²) in [4.78, 5) is 15.4. The molecule has 33 heavy (non-hydrogen) atoms. The number of likely N-dealkylation sites (tertiary alicyclic amines) is 1. The smallest absolute Gasteiger partial charge is 0.224 e. The van der Waals surface area contributed by atoms with Crippen LogP contribution in [0.5, 0.6) is 0 Å². The molecular weight excluding hydrogens is 448 g/mol. The van der Waals surface area contributed by atoms with Gasteiger partial charge in [-0.05, 0) is 66.2 Å². The van der Waals surface area contributed by atoms with E-state index >= 15 is 0 Å². The fourth-order valence-corrected chi connectivity index (χ4v) is 6.77. The molecule has 1 aromatic carbocycles. The molecule has 0 bridgehead atoms. The fraction of sp³-hybridized carbons (Fsp3) is 0.577. The monoisotopic (exact) mass is 486 g/mol. The molecule has 2 N–H and O–H groups in total. The van der Waals surface area contributed by atoms with Crippen molar-refractivity contribution in [1.29, 1.82) is 0 Å². The van der Waals surface area contributed by atoms with Gasteiger partial charge in [0.25, 0.3) is 0 Å². The standard InChI is InChI=1S/C26H38N2O3SSi/c1-26(2,3)33(4,5)31-23(19-8-10-21-18(15-19)9-11-25(30)27-21)17-28-13-12-20(22(29)16-28)24-7-6-14-32-24/h6-8,10,14-15,20,22-23,29H,9,11-13,16-17H2,1-5H3,(H,27,30)/t20?,22?,23-/m1/s1. The minimum Gasteiger partial charge on any atom is -0.409 e. The summed E-state index contributed by atoms with van der Waals surface area (Å²) >= 11 is 1.74. The van der Waals surface area contributed by atoms with Crippen molar-refractivity contribution < 1.29 is 14.3 Å². The SMILES string of the molecule is CC(C)(C)[Si](C)(C)O[C@H](CN1CCC(c2cccs2)C(O)C1)c1ccc2c(c1)CCC(=O)N2. The highest BCUT2D eigenvalue weighted by atomic mass is 32.1. The maximum Gasteiger partial charge on any atom is 0.224 e. The molecular formula is C26H38N2O3SSi. The summed E-state index contributed by atoms with van der Waals surface area (Å²) in [6.45, 7) is 13.8. The lowest BCUT2D eigenvalue weighted by Crippen LogP contribution is -2.47. The van der Waals surface area contributed by atoms with Crippen LogP contribution in [0.2, 0.25) is 18.1 Å². The van der Waals surface area contributed by atoms with Crippen LogP contribution in [0.4, 0.5) is 5.69 Å². The highest BCUT2D eigenvalue weighted by Crippen LogP contribution is 2.41. The lowest BCUT2D eigenvalue weighted by Gasteiger charge is -2.42. The van der Waals surface area contributed by atoms with E-state index in [1.165, 1.54) is 16.0 Å². The third kappa shape index (κ3) is 5.60. The van der Waals surface area contributed by atoms with Gasteiger partial charge in [0.05, 0.1) is 12.2 Å². The zero-order valence-corrected chi connectivity index (χ0v) is 22.4. The van der Waals surface area contributed by atoms with E-state index in [0.717, 1.165) is 31.6 Å². The van der Waals surface area contributed by atoms with Crippen LogP contribution in [-0.2, 0) is 15.6 Å². The number of nitrogens with zero attached hydrogens (tertiary/aromatic N) is 1. The van der Waals surface area contributed by atoms with Crippen LogP contribution in [0.3, 0.4) is 0 Å². The molecule has 0 saturated carbocycles. The van der Waals surface area contributed by atoms with Crippen LogP contribution in [0.25, 0.3) is 0 Å². The number of aliphatic hydroxyl groups is 1. The average Bonchev–Trinajstić information content (AvgIpc) is 3.26. The quantitative estimate of drug-likeness (QED) is 0.526. The summed E-state index contributed by atoms with van der Waals surface area (Å²) in [6.07, 6.45) is 1.85. The predicted octanol–water partition coefficient (Wildman–Crippen LogP) is 5.55. The molecule has 1 fully saturated rings. The van der Waals surface area contributed by atoms with Crippen LogP contribution in [0.15, 0.2) is 35.7 Å². The average molecular weight is 487 g/mol. The van der Waals surface area contributed by atoms with Gasteiger partial charge in [-0.2, -0.15) is 0 Å². The molecule has 3 heterocycles. The first-order valence-electron chi connectivity index (χ1n) is 12.1. The summed E-state index contributed by atoms with van der Waals surface area (Å²) in [6, 6.07) is 10.6. The number of rotatable bonds is 6. The number of carbonyl (C=O) groups excluding carboxylic acids is 1. The Bertz CT molecular complexity index is 970. The van der Waals surface area contributed by atoms with Crippen molar-refractivity contribution in [3.05, 3.63) is 51.7 Å². The maximum atomic E-state index is 11.8. The molecule has 2 unspecified atom stereocenters. The normalized spacial score (nSPS) is 23.2. The highest BCUT2D eigenvalue weighted by Gasteiger charge is 2.40. The van der Waals surface area contributed by atoms with Crippen molar-refractivity contribution in [2.24, 2.45) is 0 Å². The number of thiophene rings is 1. The number of piperidine rings is 1. The lowest BCUT2D eigenvalue weighted by molar-refractivity contribution is -0.116. The van der Waals surface area contributed by atoms with Gasteiger partial charge in [-0.15, -0.1) is 11.3 Å². The van der Waals surface area contributed by atoms with Gasteiger partial charge in [-0.25, -0.2) is 0 Å². The highest BCUT2D eigenvalue weighted by molar-refractivity contribution is 7.10. The Morgan fingerprint density at radius 3 is 2.73 bits per heavy atom. The summed E-state index contributed by atoms with van der Waals surface area (Å²) in [5, 5.41) is 16.1. The van der Waals surface area contributed by atoms with E-state index < -0.39 is 8.32 Å². The molecule has 2 aromatic rings. The van der Waals surface area contributed by atoms with Crippen molar-refractivity contribution >= 4 is 31.2 Å². The van der Waals surface area contributed by atoms with Gasteiger partial charge in [0.15, 0.2) is 8.32 Å². The predicted molar refractivity (Wildman–Crippen MR) is 139 cm³/mol. The topological polar surface area (TPSA) is 61.8 Å². The van der Waals surface area contributed by atoms with Gasteiger partial charge in [0.2, 0.25) is 5.91 Å². The number of nitrogens with one attached hydrogen (secondary N) is 1. The number of β-amino-alcohol motifs (C(OH)–C–C–N with tert-alkyl or cyclic N) is 1. The molecule has 1 saturated heterocycles. The Morgan fingerprint density at radius 2 is 2.06 bits per heavy atom. The fourth-order valence-electron chi connectivity index (χ4n) is 4.58. The number of aryl methyl sites for hydroxylation is 1. The number of carbonyl (C=O) groups is 1. The number of anilines is 1. The summed E-state index contributed by atoms with van der Waals surface area (Å²) in [5.74, 6) is 0.320. The summed E-state index contributed by atoms with van der Waals surface area (Å²) in [5.41, 5.74) is 3.28. The van der Waals surface area contributed by atoms with Gasteiger partial charge >= 0.3 is 0 Å². The van der Waals surface area contributed by atoms with E-state index in [1.54, 1.807) is 11.3 Å². The minimum atomic E-state index is -2.01. The Morgan fingerprint density at radius 1 is 1.27 bits per heavy atom. The molecule has 0 spiro atoms. The Labute approximate surface area is 203 Å². The first-order chi connectivity index (χ1) is 15.5. The zero-order valence-electron chi connectivity index (χ0n) is 20.6. The zero-order chi connectivity index (χ0) is 23.8. The van der Waals surface area contributed by atoms with E-state index in [9.17, 15) is 9.90 Å². The second-order valence-electron chi connectivity index (χ2n) is 11.1. The number of aliphatic hydroxyl groups excluding tert-OH is 1. The Hall–Kier alpha value is -1.51. The van der Waals surface area contributed by atoms with Crippen LogP contribution < -0.4 is 5.32 Å². The molecule has 1 amide bonds. The number of hydrogen-bond donors (Lipinski definition) is 2. The Kier molecular flexibility index (Phi) is 7.17. The van der Waals surface area contributed by atoms with Crippen molar-refractivity contribution in [2.45, 2.75) is 76.3 Å². The number of hydrogen-bond acceptors (Lipinski definition) is 5. The van der Waals surface area contributed by atoms with Crippen molar-refractivity contribution in [1.82, 2.24) is 4.90 Å². The second kappa shape index (κ2) is 9.62. The van der Waals surface area contributed by atoms with E-state index in [4.69, 9.17) is 4.43 Å². The van der Waals surface area contributed by atoms with E-state index in [1.807, 2.05) is 6.07 Å². The van der Waals surface area contributed by atoms with Crippen LogP contribution in [0.1, 0.15) is 61.6 Å². The van der Waals surface area contributed by atoms with E-state index in [-0.39, 0.29) is 29.1 Å². The van der Waals surface area contributed by atoms with Crippen LogP contribution in [-0.4, -0.2) is 50.0 Å². The largest absolute Gasteiger partial charge is 0.409 e. The van der Waals surface area contributed by atoms with Gasteiger partial charge in [0, 0.05) is 36.0 Å². The third-order valence-electron chi connectivity index (χ3n) is 7.64. The third-order valence-corrected chi connectivity index (χ3v) is 13.1.